The molecular formula is C37H26N4O. The summed E-state index contributed by atoms with van der Waals surface area (Å²) in [4.78, 5) is 18.4. The number of hydrogen-bond acceptors (Lipinski definition) is 3. The first-order chi connectivity index (χ1) is 20.8. The lowest BCUT2D eigenvalue weighted by atomic mass is 10.0. The minimum absolute atomic E-state index is 0.296. The molecule has 5 heteroatoms. The average molecular weight is 543 g/mol. The zero-order valence-electron chi connectivity index (χ0n) is 22.7. The van der Waals surface area contributed by atoms with Crippen LogP contribution in [-0.4, -0.2) is 21.7 Å². The van der Waals surface area contributed by atoms with Gasteiger partial charge in [-0.1, -0.05) is 115 Å². The fourth-order valence-electron chi connectivity index (χ4n) is 5.46. The smallest absolute Gasteiger partial charge is 0.272 e. The Bertz CT molecular complexity index is 2060. The molecule has 42 heavy (non-hydrogen) atoms. The molecule has 0 saturated heterocycles. The highest BCUT2D eigenvalue weighted by molar-refractivity contribution is 6.09. The summed E-state index contributed by atoms with van der Waals surface area (Å²) in [7, 11) is 0. The van der Waals surface area contributed by atoms with Crippen molar-refractivity contribution in [1.82, 2.24) is 15.0 Å². The number of nitrogens with zero attached hydrogens (tertiary/aromatic N) is 3. The van der Waals surface area contributed by atoms with Crippen molar-refractivity contribution < 1.29 is 4.79 Å². The third kappa shape index (κ3) is 4.63. The highest BCUT2D eigenvalue weighted by Gasteiger charge is 2.19. The van der Waals surface area contributed by atoms with E-state index < -0.39 is 0 Å². The van der Waals surface area contributed by atoms with E-state index in [9.17, 15) is 4.79 Å². The number of pyridine rings is 1. The molecule has 0 radical (unpaired) electrons. The Morgan fingerprint density at radius 2 is 1.26 bits per heavy atom. The molecule has 200 valence electrons. The van der Waals surface area contributed by atoms with Crippen molar-refractivity contribution in [1.29, 1.82) is 0 Å². The Labute approximate surface area is 243 Å². The van der Waals surface area contributed by atoms with E-state index in [1.807, 2.05) is 109 Å². The minimum Gasteiger partial charge on any atom is -0.309 e. The SMILES string of the molecule is O=C(N/N=C\c1c(-c2ccccc2)n(-c2ccccc2)c2ccccc12)c1cc(-c2ccccc2)nc2ccccc12. The van der Waals surface area contributed by atoms with Gasteiger partial charge in [0.05, 0.1) is 34.2 Å². The third-order valence-electron chi connectivity index (χ3n) is 7.37. The Balaban J connectivity index is 1.32. The summed E-state index contributed by atoms with van der Waals surface area (Å²) in [6, 6.07) is 48.2. The number of aromatic nitrogens is 2. The van der Waals surface area contributed by atoms with E-state index >= 15 is 0 Å². The van der Waals surface area contributed by atoms with Crippen LogP contribution in [0.1, 0.15) is 15.9 Å². The number of hydrazone groups is 1. The molecule has 0 unspecified atom stereocenters. The van der Waals surface area contributed by atoms with Gasteiger partial charge in [-0.25, -0.2) is 10.4 Å². The maximum Gasteiger partial charge on any atom is 0.272 e. The average Bonchev–Trinajstić information content (AvgIpc) is 3.39. The molecule has 0 aliphatic carbocycles. The minimum atomic E-state index is -0.296. The molecule has 7 rings (SSSR count). The fraction of sp³-hybridized carbons (Fsp3) is 0. The second-order valence-corrected chi connectivity index (χ2v) is 9.95. The molecule has 0 saturated carbocycles. The van der Waals surface area contributed by atoms with Crippen molar-refractivity contribution in [3.8, 4) is 28.2 Å². The highest BCUT2D eigenvalue weighted by Crippen LogP contribution is 2.35. The lowest BCUT2D eigenvalue weighted by Gasteiger charge is -2.12. The van der Waals surface area contributed by atoms with E-state index in [-0.39, 0.29) is 5.91 Å². The number of hydrogen-bond donors (Lipinski definition) is 1. The van der Waals surface area contributed by atoms with Gasteiger partial charge in [-0.2, -0.15) is 5.10 Å². The molecule has 7 aromatic rings. The van der Waals surface area contributed by atoms with Gasteiger partial charge in [-0.3, -0.25) is 4.79 Å². The maximum absolute atomic E-state index is 13.6. The summed E-state index contributed by atoms with van der Waals surface area (Å²) in [6.45, 7) is 0. The molecule has 5 aromatic carbocycles. The standard InChI is InChI=1S/C37H26N4O/c42-37(31-24-34(26-14-4-1-5-15-26)39-33-22-12-10-20-29(31)33)40-38-25-32-30-21-11-13-23-35(30)41(28-18-8-3-9-19-28)36(32)27-16-6-2-7-17-27/h1-25H,(H,40,42)/b38-25-. The van der Waals surface area contributed by atoms with Crippen molar-refractivity contribution in [3.63, 3.8) is 0 Å². The van der Waals surface area contributed by atoms with Crippen LogP contribution in [0.4, 0.5) is 0 Å². The van der Waals surface area contributed by atoms with E-state index in [1.165, 1.54) is 0 Å². The number of amides is 1. The topological polar surface area (TPSA) is 59.3 Å². The molecule has 2 aromatic heterocycles. The molecule has 0 aliphatic heterocycles. The van der Waals surface area contributed by atoms with Crippen molar-refractivity contribution in [3.05, 3.63) is 157 Å². The normalized spacial score (nSPS) is 11.3. The van der Waals surface area contributed by atoms with E-state index in [0.717, 1.165) is 55.6 Å². The second kappa shape index (κ2) is 11.0. The summed E-state index contributed by atoms with van der Waals surface area (Å²) in [5.74, 6) is -0.296. The highest BCUT2D eigenvalue weighted by atomic mass is 16.2. The maximum atomic E-state index is 13.6. The number of nitrogens with one attached hydrogen (secondary N) is 1. The van der Waals surface area contributed by atoms with E-state index in [0.29, 0.717) is 5.56 Å². The third-order valence-corrected chi connectivity index (χ3v) is 7.37. The van der Waals surface area contributed by atoms with Crippen LogP contribution in [0.5, 0.6) is 0 Å². The molecule has 0 bridgehead atoms. The summed E-state index contributed by atoms with van der Waals surface area (Å²) >= 11 is 0. The van der Waals surface area contributed by atoms with Crippen LogP contribution in [0.3, 0.4) is 0 Å². The molecule has 0 atom stereocenters. The van der Waals surface area contributed by atoms with Crippen molar-refractivity contribution in [2.45, 2.75) is 0 Å². The van der Waals surface area contributed by atoms with Gasteiger partial charge in [-0.05, 0) is 35.9 Å². The predicted molar refractivity (Wildman–Crippen MR) is 171 cm³/mol. The summed E-state index contributed by atoms with van der Waals surface area (Å²) in [5, 5.41) is 6.33. The van der Waals surface area contributed by atoms with Gasteiger partial charge >= 0.3 is 0 Å². The van der Waals surface area contributed by atoms with Crippen LogP contribution >= 0.6 is 0 Å². The number of carbonyl (C=O) groups excluding carboxylic acids is 1. The Morgan fingerprint density at radius 3 is 2.00 bits per heavy atom. The van der Waals surface area contributed by atoms with Gasteiger partial charge in [0, 0.05) is 27.6 Å². The first kappa shape index (κ1) is 25.2. The van der Waals surface area contributed by atoms with Crippen LogP contribution in [0.25, 0.3) is 50.0 Å². The van der Waals surface area contributed by atoms with Crippen molar-refractivity contribution >= 4 is 33.9 Å². The quantitative estimate of drug-likeness (QED) is 0.170. The predicted octanol–water partition coefficient (Wildman–Crippen LogP) is 8.28. The number of carbonyl (C=O) groups is 1. The molecular weight excluding hydrogens is 516 g/mol. The molecule has 0 fully saturated rings. The monoisotopic (exact) mass is 542 g/mol. The van der Waals surface area contributed by atoms with Gasteiger partial charge < -0.3 is 4.57 Å². The van der Waals surface area contributed by atoms with E-state index in [4.69, 9.17) is 4.98 Å². The van der Waals surface area contributed by atoms with Crippen LogP contribution < -0.4 is 5.43 Å². The number of fused-ring (bicyclic) bond motifs is 2. The zero-order chi connectivity index (χ0) is 28.3. The van der Waals surface area contributed by atoms with Crippen LogP contribution in [0.2, 0.25) is 0 Å². The van der Waals surface area contributed by atoms with Crippen LogP contribution in [0, 0.1) is 0 Å². The largest absolute Gasteiger partial charge is 0.309 e. The van der Waals surface area contributed by atoms with Gasteiger partial charge in [-0.15, -0.1) is 0 Å². The lowest BCUT2D eigenvalue weighted by molar-refractivity contribution is 0.0956. The fourth-order valence-corrected chi connectivity index (χ4v) is 5.46. The van der Waals surface area contributed by atoms with Crippen LogP contribution in [0.15, 0.2) is 151 Å². The summed E-state index contributed by atoms with van der Waals surface area (Å²) in [6.07, 6.45) is 1.75. The van der Waals surface area contributed by atoms with E-state index in [1.54, 1.807) is 6.21 Å². The first-order valence-corrected chi connectivity index (χ1v) is 13.8. The molecule has 1 amide bonds. The second-order valence-electron chi connectivity index (χ2n) is 9.95. The molecule has 5 nitrogen and oxygen atoms in total. The van der Waals surface area contributed by atoms with Crippen molar-refractivity contribution in [2.24, 2.45) is 5.10 Å². The van der Waals surface area contributed by atoms with E-state index in [2.05, 4.69) is 51.5 Å². The molecule has 2 heterocycles. The van der Waals surface area contributed by atoms with Gasteiger partial charge in [0.25, 0.3) is 5.91 Å². The Hall–Kier alpha value is -5.81. The molecule has 0 aliphatic rings. The van der Waals surface area contributed by atoms with Gasteiger partial charge in [0.15, 0.2) is 0 Å². The number of rotatable bonds is 6. The molecule has 1 N–H and O–H groups in total. The Kier molecular flexibility index (Phi) is 6.59. The van der Waals surface area contributed by atoms with Gasteiger partial charge in [0.1, 0.15) is 0 Å². The molecule has 0 spiro atoms. The first-order valence-electron chi connectivity index (χ1n) is 13.8. The number of para-hydroxylation sites is 3. The lowest BCUT2D eigenvalue weighted by Crippen LogP contribution is -2.18. The summed E-state index contributed by atoms with van der Waals surface area (Å²) < 4.78 is 2.25. The van der Waals surface area contributed by atoms with Crippen LogP contribution in [-0.2, 0) is 0 Å². The zero-order valence-corrected chi connectivity index (χ0v) is 22.7. The van der Waals surface area contributed by atoms with Gasteiger partial charge in [0.2, 0.25) is 0 Å². The Morgan fingerprint density at radius 1 is 0.667 bits per heavy atom. The number of benzene rings is 5. The summed E-state index contributed by atoms with van der Waals surface area (Å²) in [5.41, 5.74) is 10.8. The van der Waals surface area contributed by atoms with Crippen molar-refractivity contribution in [2.75, 3.05) is 0 Å².